The molecular formula is C11H22N2. The van der Waals surface area contributed by atoms with Gasteiger partial charge in [-0.25, -0.2) is 0 Å². The van der Waals surface area contributed by atoms with E-state index in [-0.39, 0.29) is 0 Å². The molecule has 2 heteroatoms. The minimum atomic E-state index is 0.371. The average Bonchev–Trinajstić information content (AvgIpc) is 2.03. The Balaban J connectivity index is 2.56. The third-order valence-electron chi connectivity index (χ3n) is 2.99. The number of piperidine rings is 1. The summed E-state index contributed by atoms with van der Waals surface area (Å²) in [6.07, 6.45) is 2.49. The third-order valence-corrected chi connectivity index (χ3v) is 2.99. The van der Waals surface area contributed by atoms with Crippen molar-refractivity contribution in [2.24, 2.45) is 11.8 Å². The highest BCUT2D eigenvalue weighted by Crippen LogP contribution is 2.23. The van der Waals surface area contributed by atoms with Gasteiger partial charge in [0, 0.05) is 18.5 Å². The first-order valence-electron chi connectivity index (χ1n) is 5.37. The topological polar surface area (TPSA) is 27.1 Å². The number of hydrogen-bond acceptors (Lipinski definition) is 1. The van der Waals surface area contributed by atoms with Crippen molar-refractivity contribution < 1.29 is 0 Å². The van der Waals surface area contributed by atoms with Gasteiger partial charge in [-0.1, -0.05) is 20.8 Å². The van der Waals surface area contributed by atoms with Crippen LogP contribution < -0.4 is 0 Å². The van der Waals surface area contributed by atoms with Gasteiger partial charge in [0.2, 0.25) is 0 Å². The van der Waals surface area contributed by atoms with Crippen LogP contribution in [0.5, 0.6) is 0 Å². The Morgan fingerprint density at radius 2 is 2.00 bits per heavy atom. The van der Waals surface area contributed by atoms with Gasteiger partial charge in [-0.3, -0.25) is 5.41 Å². The van der Waals surface area contributed by atoms with Gasteiger partial charge >= 0.3 is 0 Å². The highest BCUT2D eigenvalue weighted by Gasteiger charge is 2.25. The first-order valence-corrected chi connectivity index (χ1v) is 5.37. The van der Waals surface area contributed by atoms with Gasteiger partial charge < -0.3 is 4.90 Å². The highest BCUT2D eigenvalue weighted by molar-refractivity contribution is 5.81. The molecule has 1 rings (SSSR count). The molecular weight excluding hydrogens is 160 g/mol. The van der Waals surface area contributed by atoms with Gasteiger partial charge in [0.1, 0.15) is 0 Å². The maximum Gasteiger partial charge on any atom is 0.0986 e. The van der Waals surface area contributed by atoms with Crippen molar-refractivity contribution in [1.29, 1.82) is 5.41 Å². The molecule has 0 saturated carbocycles. The Hall–Kier alpha value is -0.530. The second kappa shape index (κ2) is 4.12. The Morgan fingerprint density at radius 3 is 2.46 bits per heavy atom. The molecule has 1 aliphatic rings. The van der Waals surface area contributed by atoms with Crippen molar-refractivity contribution in [2.75, 3.05) is 6.54 Å². The third kappa shape index (κ3) is 2.45. The van der Waals surface area contributed by atoms with E-state index in [1.807, 2.05) is 0 Å². The summed E-state index contributed by atoms with van der Waals surface area (Å²) in [6.45, 7) is 9.85. The molecule has 0 aromatic carbocycles. The normalized spacial score (nSPS) is 29.5. The molecule has 0 spiro atoms. The van der Waals surface area contributed by atoms with Crippen LogP contribution in [0, 0.1) is 17.2 Å². The number of likely N-dealkylation sites (tertiary alicyclic amines) is 1. The zero-order valence-electron chi connectivity index (χ0n) is 9.30. The van der Waals surface area contributed by atoms with E-state index in [0.29, 0.717) is 12.0 Å². The molecule has 0 bridgehead atoms. The molecule has 1 aliphatic heterocycles. The molecule has 0 amide bonds. The maximum atomic E-state index is 7.96. The predicted molar refractivity (Wildman–Crippen MR) is 57.1 cm³/mol. The van der Waals surface area contributed by atoms with E-state index >= 15 is 0 Å². The summed E-state index contributed by atoms with van der Waals surface area (Å²) >= 11 is 0. The standard InChI is InChI=1S/C11H22N2/c1-8(2)11(12)13-6-5-9(3)7-10(13)4/h8-10,12H,5-7H2,1-4H3. The maximum absolute atomic E-state index is 7.96. The van der Waals surface area contributed by atoms with Crippen LogP contribution >= 0.6 is 0 Å². The highest BCUT2D eigenvalue weighted by atomic mass is 15.2. The van der Waals surface area contributed by atoms with Crippen LogP contribution in [-0.2, 0) is 0 Å². The van der Waals surface area contributed by atoms with Crippen LogP contribution in [0.4, 0.5) is 0 Å². The van der Waals surface area contributed by atoms with Crippen LogP contribution in [0.15, 0.2) is 0 Å². The van der Waals surface area contributed by atoms with Crippen molar-refractivity contribution in [3.63, 3.8) is 0 Å². The SMILES string of the molecule is CC1CCN(C(=N)C(C)C)C(C)C1. The monoisotopic (exact) mass is 182 g/mol. The fourth-order valence-corrected chi connectivity index (χ4v) is 2.10. The molecule has 0 aromatic heterocycles. The van der Waals surface area contributed by atoms with Gasteiger partial charge in [-0.05, 0) is 25.7 Å². The lowest BCUT2D eigenvalue weighted by atomic mass is 9.92. The molecule has 0 aromatic rings. The zero-order chi connectivity index (χ0) is 10.0. The molecule has 1 fully saturated rings. The van der Waals surface area contributed by atoms with Gasteiger partial charge in [0.15, 0.2) is 0 Å². The van der Waals surface area contributed by atoms with Crippen molar-refractivity contribution >= 4 is 5.84 Å². The fourth-order valence-electron chi connectivity index (χ4n) is 2.10. The van der Waals surface area contributed by atoms with E-state index in [4.69, 9.17) is 5.41 Å². The van der Waals surface area contributed by atoms with E-state index in [0.717, 1.165) is 18.3 Å². The summed E-state index contributed by atoms with van der Waals surface area (Å²) in [5.41, 5.74) is 0. The van der Waals surface area contributed by atoms with Crippen LogP contribution in [-0.4, -0.2) is 23.3 Å². The number of rotatable bonds is 1. The van der Waals surface area contributed by atoms with Gasteiger partial charge in [-0.15, -0.1) is 0 Å². The van der Waals surface area contributed by atoms with Gasteiger partial charge in [0.25, 0.3) is 0 Å². The molecule has 2 atom stereocenters. The number of nitrogens with one attached hydrogen (secondary N) is 1. The average molecular weight is 182 g/mol. The van der Waals surface area contributed by atoms with E-state index in [1.54, 1.807) is 0 Å². The van der Waals surface area contributed by atoms with Crippen molar-refractivity contribution in [2.45, 2.75) is 46.6 Å². The van der Waals surface area contributed by atoms with Crippen molar-refractivity contribution in [1.82, 2.24) is 4.90 Å². The largest absolute Gasteiger partial charge is 0.358 e. The predicted octanol–water partition coefficient (Wildman–Crippen LogP) is 2.74. The van der Waals surface area contributed by atoms with E-state index in [1.165, 1.54) is 12.8 Å². The summed E-state index contributed by atoms with van der Waals surface area (Å²) in [4.78, 5) is 2.27. The van der Waals surface area contributed by atoms with Crippen LogP contribution in [0.3, 0.4) is 0 Å². The Labute approximate surface area is 81.8 Å². The molecule has 1 heterocycles. The Morgan fingerprint density at radius 1 is 1.38 bits per heavy atom. The zero-order valence-corrected chi connectivity index (χ0v) is 9.30. The van der Waals surface area contributed by atoms with Crippen molar-refractivity contribution in [3.8, 4) is 0 Å². The molecule has 0 radical (unpaired) electrons. The summed E-state index contributed by atoms with van der Waals surface area (Å²) in [5, 5.41) is 7.96. The minimum Gasteiger partial charge on any atom is -0.358 e. The van der Waals surface area contributed by atoms with E-state index in [2.05, 4.69) is 32.6 Å². The summed E-state index contributed by atoms with van der Waals surface area (Å²) in [7, 11) is 0. The Kier molecular flexibility index (Phi) is 3.34. The Bertz CT molecular complexity index is 187. The summed E-state index contributed by atoms with van der Waals surface area (Å²) < 4.78 is 0. The van der Waals surface area contributed by atoms with Crippen LogP contribution in [0.2, 0.25) is 0 Å². The molecule has 1 N–H and O–H groups in total. The summed E-state index contributed by atoms with van der Waals surface area (Å²) in [5.74, 6) is 2.03. The first kappa shape index (κ1) is 10.6. The lowest BCUT2D eigenvalue weighted by molar-refractivity contribution is 0.202. The second-order valence-electron chi connectivity index (χ2n) is 4.71. The second-order valence-corrected chi connectivity index (χ2v) is 4.71. The number of nitrogens with zero attached hydrogens (tertiary/aromatic N) is 1. The lowest BCUT2D eigenvalue weighted by Crippen LogP contribution is -2.45. The molecule has 2 unspecified atom stereocenters. The van der Waals surface area contributed by atoms with E-state index in [9.17, 15) is 0 Å². The van der Waals surface area contributed by atoms with Crippen LogP contribution in [0.25, 0.3) is 0 Å². The fraction of sp³-hybridized carbons (Fsp3) is 0.909. The van der Waals surface area contributed by atoms with E-state index < -0.39 is 0 Å². The molecule has 76 valence electrons. The van der Waals surface area contributed by atoms with Crippen molar-refractivity contribution in [3.05, 3.63) is 0 Å². The number of hydrogen-bond donors (Lipinski definition) is 1. The lowest BCUT2D eigenvalue weighted by Gasteiger charge is -2.39. The van der Waals surface area contributed by atoms with Gasteiger partial charge in [-0.2, -0.15) is 0 Å². The molecule has 2 nitrogen and oxygen atoms in total. The quantitative estimate of drug-likeness (QED) is 0.490. The smallest absolute Gasteiger partial charge is 0.0986 e. The molecule has 1 saturated heterocycles. The minimum absolute atomic E-state index is 0.371. The van der Waals surface area contributed by atoms with Gasteiger partial charge in [0.05, 0.1) is 5.84 Å². The summed E-state index contributed by atoms with van der Waals surface area (Å²) in [6, 6.07) is 0.568. The number of amidine groups is 1. The molecule has 0 aliphatic carbocycles. The van der Waals surface area contributed by atoms with Crippen LogP contribution in [0.1, 0.15) is 40.5 Å². The first-order chi connectivity index (χ1) is 6.02. The molecule has 13 heavy (non-hydrogen) atoms.